The van der Waals surface area contributed by atoms with E-state index < -0.39 is 0 Å². The molecule has 2 heterocycles. The van der Waals surface area contributed by atoms with Crippen molar-refractivity contribution >= 4 is 0 Å². The Morgan fingerprint density at radius 1 is 1.24 bits per heavy atom. The molecule has 0 saturated heterocycles. The predicted octanol–water partition coefficient (Wildman–Crippen LogP) is 3.36. The second-order valence-corrected chi connectivity index (χ2v) is 5.07. The summed E-state index contributed by atoms with van der Waals surface area (Å²) < 4.78 is 7.33. The van der Waals surface area contributed by atoms with Crippen LogP contribution < -0.4 is 5.32 Å². The van der Waals surface area contributed by atoms with Gasteiger partial charge >= 0.3 is 0 Å². The molecule has 4 nitrogen and oxygen atoms in total. The first kappa shape index (κ1) is 13.6. The van der Waals surface area contributed by atoms with Gasteiger partial charge in [0.2, 0.25) is 0 Å². The molecule has 21 heavy (non-hydrogen) atoms. The van der Waals surface area contributed by atoms with Gasteiger partial charge in [-0.05, 0) is 36.8 Å². The Balaban J connectivity index is 1.56. The minimum Gasteiger partial charge on any atom is -0.469 e. The molecule has 2 aromatic heterocycles. The molecule has 1 N–H and O–H groups in total. The third-order valence-electron chi connectivity index (χ3n) is 3.60. The molecule has 1 atom stereocenters. The lowest BCUT2D eigenvalue weighted by Crippen LogP contribution is -2.21. The summed E-state index contributed by atoms with van der Waals surface area (Å²) in [7, 11) is 0. The summed E-state index contributed by atoms with van der Waals surface area (Å²) in [6.07, 6.45) is 8.16. The summed E-state index contributed by atoms with van der Waals surface area (Å²) in [5.74, 6) is 1.02. The van der Waals surface area contributed by atoms with Crippen LogP contribution in [-0.4, -0.2) is 16.1 Å². The first-order valence-electron chi connectivity index (χ1n) is 7.17. The van der Waals surface area contributed by atoms with Gasteiger partial charge < -0.3 is 14.3 Å². The first-order valence-corrected chi connectivity index (χ1v) is 7.17. The second kappa shape index (κ2) is 6.41. The Kier molecular flexibility index (Phi) is 4.17. The lowest BCUT2D eigenvalue weighted by atomic mass is 10.1. The maximum atomic E-state index is 5.33. The van der Waals surface area contributed by atoms with E-state index in [2.05, 4.69) is 41.5 Å². The fraction of sp³-hybridized carbons (Fsp3) is 0.235. The van der Waals surface area contributed by atoms with E-state index >= 15 is 0 Å². The highest BCUT2D eigenvalue weighted by Crippen LogP contribution is 2.15. The Morgan fingerprint density at radius 3 is 2.76 bits per heavy atom. The molecule has 0 bridgehead atoms. The summed E-state index contributed by atoms with van der Waals surface area (Å²) in [4.78, 5) is 4.06. The third kappa shape index (κ3) is 3.41. The summed E-state index contributed by atoms with van der Waals surface area (Å²) in [5, 5.41) is 3.51. The van der Waals surface area contributed by atoms with E-state index in [9.17, 15) is 0 Å². The van der Waals surface area contributed by atoms with E-state index in [0.717, 1.165) is 24.4 Å². The van der Waals surface area contributed by atoms with Gasteiger partial charge in [-0.15, -0.1) is 0 Å². The van der Waals surface area contributed by atoms with Crippen molar-refractivity contribution < 1.29 is 4.42 Å². The maximum Gasteiger partial charge on any atom is 0.105 e. The van der Waals surface area contributed by atoms with Crippen LogP contribution >= 0.6 is 0 Å². The lowest BCUT2D eigenvalue weighted by molar-refractivity contribution is 0.486. The first-order chi connectivity index (χ1) is 10.3. The number of hydrogen-bond donors (Lipinski definition) is 1. The van der Waals surface area contributed by atoms with Crippen molar-refractivity contribution in [3.8, 4) is 5.69 Å². The van der Waals surface area contributed by atoms with Crippen LogP contribution in [0, 0.1) is 0 Å². The minimum atomic E-state index is 0.316. The lowest BCUT2D eigenvalue weighted by Gasteiger charge is -2.14. The van der Waals surface area contributed by atoms with Gasteiger partial charge in [0.1, 0.15) is 5.76 Å². The van der Waals surface area contributed by atoms with Crippen molar-refractivity contribution in [1.29, 1.82) is 0 Å². The molecule has 0 saturated carbocycles. The number of rotatable bonds is 6. The molecule has 0 fully saturated rings. The molecule has 0 spiro atoms. The normalized spacial score (nSPS) is 12.4. The van der Waals surface area contributed by atoms with Gasteiger partial charge in [-0.2, -0.15) is 0 Å². The van der Waals surface area contributed by atoms with E-state index in [0.29, 0.717) is 6.04 Å². The van der Waals surface area contributed by atoms with Crippen LogP contribution in [0.5, 0.6) is 0 Å². The second-order valence-electron chi connectivity index (χ2n) is 5.07. The molecule has 0 amide bonds. The van der Waals surface area contributed by atoms with Crippen molar-refractivity contribution in [2.45, 2.75) is 19.4 Å². The zero-order chi connectivity index (χ0) is 14.5. The van der Waals surface area contributed by atoms with Crippen molar-refractivity contribution in [2.75, 3.05) is 6.54 Å². The van der Waals surface area contributed by atoms with Crippen LogP contribution in [0.1, 0.15) is 24.3 Å². The van der Waals surface area contributed by atoms with Crippen LogP contribution in [-0.2, 0) is 6.42 Å². The van der Waals surface area contributed by atoms with Crippen molar-refractivity contribution in [2.24, 2.45) is 0 Å². The van der Waals surface area contributed by atoms with Crippen molar-refractivity contribution in [1.82, 2.24) is 14.9 Å². The molecule has 1 unspecified atom stereocenters. The summed E-state index contributed by atoms with van der Waals surface area (Å²) in [6, 6.07) is 12.8. The van der Waals surface area contributed by atoms with Crippen LogP contribution in [0.15, 0.2) is 65.8 Å². The Morgan fingerprint density at radius 2 is 2.10 bits per heavy atom. The maximum absolute atomic E-state index is 5.33. The monoisotopic (exact) mass is 281 g/mol. The minimum absolute atomic E-state index is 0.316. The topological polar surface area (TPSA) is 43.0 Å². The number of benzene rings is 1. The fourth-order valence-corrected chi connectivity index (χ4v) is 2.33. The van der Waals surface area contributed by atoms with Crippen LogP contribution in [0.3, 0.4) is 0 Å². The molecule has 3 rings (SSSR count). The number of nitrogens with one attached hydrogen (secondary N) is 1. The van der Waals surface area contributed by atoms with E-state index in [1.165, 1.54) is 5.56 Å². The van der Waals surface area contributed by atoms with Gasteiger partial charge in [0, 0.05) is 37.1 Å². The van der Waals surface area contributed by atoms with Crippen LogP contribution in [0.4, 0.5) is 0 Å². The zero-order valence-corrected chi connectivity index (χ0v) is 12.1. The quantitative estimate of drug-likeness (QED) is 0.753. The Hall–Kier alpha value is -2.33. The average molecular weight is 281 g/mol. The SMILES string of the molecule is CC(NCCc1ccco1)c1ccc(-n2ccnc2)cc1. The largest absolute Gasteiger partial charge is 0.469 e. The third-order valence-corrected chi connectivity index (χ3v) is 3.60. The molecule has 0 aliphatic carbocycles. The molecular weight excluding hydrogens is 262 g/mol. The number of furan rings is 1. The number of imidazole rings is 1. The molecule has 4 heteroatoms. The number of aromatic nitrogens is 2. The summed E-state index contributed by atoms with van der Waals surface area (Å²) in [6.45, 7) is 3.08. The molecule has 3 aromatic rings. The average Bonchev–Trinajstić information content (AvgIpc) is 3.21. The highest BCUT2D eigenvalue weighted by molar-refractivity contribution is 5.35. The van der Waals surface area contributed by atoms with Gasteiger partial charge in [0.15, 0.2) is 0 Å². The molecule has 0 aliphatic heterocycles. The number of hydrogen-bond acceptors (Lipinski definition) is 3. The molecule has 0 aliphatic rings. The standard InChI is InChI=1S/C17H19N3O/c1-14(19-9-8-17-3-2-12-21-17)15-4-6-16(7-5-15)20-11-10-18-13-20/h2-7,10-14,19H,8-9H2,1H3. The van der Waals surface area contributed by atoms with E-state index in [1.54, 1.807) is 18.8 Å². The van der Waals surface area contributed by atoms with Crippen LogP contribution in [0.2, 0.25) is 0 Å². The van der Waals surface area contributed by atoms with Gasteiger partial charge in [-0.1, -0.05) is 12.1 Å². The van der Waals surface area contributed by atoms with Crippen molar-refractivity contribution in [3.05, 3.63) is 72.7 Å². The molecular formula is C17H19N3O. The summed E-state index contributed by atoms with van der Waals surface area (Å²) >= 11 is 0. The Labute approximate surface area is 124 Å². The highest BCUT2D eigenvalue weighted by Gasteiger charge is 2.05. The van der Waals surface area contributed by atoms with Gasteiger partial charge in [-0.3, -0.25) is 0 Å². The van der Waals surface area contributed by atoms with Gasteiger partial charge in [-0.25, -0.2) is 4.98 Å². The van der Waals surface area contributed by atoms with E-state index in [1.807, 2.05) is 22.9 Å². The smallest absolute Gasteiger partial charge is 0.105 e. The zero-order valence-electron chi connectivity index (χ0n) is 12.1. The predicted molar refractivity (Wildman–Crippen MR) is 82.4 cm³/mol. The molecule has 0 radical (unpaired) electrons. The van der Waals surface area contributed by atoms with E-state index in [-0.39, 0.29) is 0 Å². The highest BCUT2D eigenvalue weighted by atomic mass is 16.3. The number of nitrogens with zero attached hydrogens (tertiary/aromatic N) is 2. The summed E-state index contributed by atoms with van der Waals surface area (Å²) in [5.41, 5.74) is 2.40. The molecule has 108 valence electrons. The molecule has 1 aromatic carbocycles. The Bertz CT molecular complexity index is 642. The van der Waals surface area contributed by atoms with E-state index in [4.69, 9.17) is 4.42 Å². The fourth-order valence-electron chi connectivity index (χ4n) is 2.33. The van der Waals surface area contributed by atoms with Crippen molar-refractivity contribution in [3.63, 3.8) is 0 Å². The van der Waals surface area contributed by atoms with Gasteiger partial charge in [0.25, 0.3) is 0 Å². The van der Waals surface area contributed by atoms with Crippen LogP contribution in [0.25, 0.3) is 5.69 Å². The van der Waals surface area contributed by atoms with Gasteiger partial charge in [0.05, 0.1) is 12.6 Å².